The molecule has 1 saturated carbocycles. The third-order valence-corrected chi connectivity index (χ3v) is 3.25. The van der Waals surface area contributed by atoms with Crippen LogP contribution in [0.15, 0.2) is 24.3 Å². The van der Waals surface area contributed by atoms with Crippen molar-refractivity contribution in [3.05, 3.63) is 24.3 Å². The zero-order valence-electron chi connectivity index (χ0n) is 11.1. The van der Waals surface area contributed by atoms with Crippen molar-refractivity contribution >= 4 is 24.0 Å². The summed E-state index contributed by atoms with van der Waals surface area (Å²) in [6.45, 7) is 2.99. The lowest BCUT2D eigenvalue weighted by atomic mass is 10.1. The van der Waals surface area contributed by atoms with E-state index in [2.05, 4.69) is 5.32 Å². The molecule has 1 atom stereocenters. The van der Waals surface area contributed by atoms with Crippen LogP contribution in [0.1, 0.15) is 19.8 Å². The lowest BCUT2D eigenvalue weighted by molar-refractivity contribution is -0.119. The first-order valence-corrected chi connectivity index (χ1v) is 6.44. The molecule has 0 heterocycles. The van der Waals surface area contributed by atoms with E-state index >= 15 is 0 Å². The summed E-state index contributed by atoms with van der Waals surface area (Å²) in [4.78, 5) is 11.9. The fourth-order valence-electron chi connectivity index (χ4n) is 1.88. The number of amides is 1. The molecule has 0 saturated heterocycles. The maximum Gasteiger partial charge on any atom is 0.227 e. The summed E-state index contributed by atoms with van der Waals surface area (Å²) >= 11 is 0. The number of carbonyl (C=O) groups is 1. The molecular weight excluding hydrogens is 264 g/mol. The topological polar surface area (TPSA) is 64.3 Å². The summed E-state index contributed by atoms with van der Waals surface area (Å²) < 4.78 is 5.37. The second-order valence-corrected chi connectivity index (χ2v) is 4.78. The van der Waals surface area contributed by atoms with E-state index in [1.165, 1.54) is 12.8 Å². The van der Waals surface area contributed by atoms with Crippen LogP contribution < -0.4 is 15.8 Å². The first-order chi connectivity index (χ1) is 8.70. The zero-order valence-corrected chi connectivity index (χ0v) is 11.9. The molecule has 0 bridgehead atoms. The average molecular weight is 285 g/mol. The van der Waals surface area contributed by atoms with Crippen molar-refractivity contribution in [2.75, 3.05) is 18.5 Å². The van der Waals surface area contributed by atoms with E-state index in [1.54, 1.807) is 0 Å². The number of hydrogen-bond acceptors (Lipinski definition) is 3. The molecule has 1 amide bonds. The first kappa shape index (κ1) is 15.8. The molecule has 1 aromatic rings. The number of halogens is 1. The van der Waals surface area contributed by atoms with Crippen LogP contribution in [-0.2, 0) is 4.79 Å². The van der Waals surface area contributed by atoms with E-state index < -0.39 is 0 Å². The van der Waals surface area contributed by atoms with Crippen molar-refractivity contribution in [2.24, 2.45) is 17.6 Å². The molecule has 0 aromatic heterocycles. The molecule has 1 fully saturated rings. The van der Waals surface area contributed by atoms with Gasteiger partial charge in [-0.05, 0) is 43.0 Å². The summed E-state index contributed by atoms with van der Waals surface area (Å²) in [5.74, 6) is 1.57. The number of rotatable bonds is 6. The van der Waals surface area contributed by atoms with Crippen LogP contribution >= 0.6 is 12.4 Å². The molecule has 5 heteroatoms. The number of ether oxygens (including phenoxy) is 1. The van der Waals surface area contributed by atoms with E-state index in [-0.39, 0.29) is 24.2 Å². The summed E-state index contributed by atoms with van der Waals surface area (Å²) in [5.41, 5.74) is 6.17. The van der Waals surface area contributed by atoms with Gasteiger partial charge >= 0.3 is 0 Å². The molecule has 1 aliphatic carbocycles. The van der Waals surface area contributed by atoms with Crippen LogP contribution in [0.25, 0.3) is 0 Å². The highest BCUT2D eigenvalue weighted by atomic mass is 35.5. The second kappa shape index (κ2) is 7.36. The lowest BCUT2D eigenvalue weighted by Crippen LogP contribution is -2.21. The molecule has 106 valence electrons. The van der Waals surface area contributed by atoms with Gasteiger partial charge in [-0.15, -0.1) is 12.4 Å². The van der Waals surface area contributed by atoms with Crippen LogP contribution in [0, 0.1) is 11.8 Å². The fraction of sp³-hybridized carbons (Fsp3) is 0.500. The summed E-state index contributed by atoms with van der Waals surface area (Å²) in [5, 5.41) is 2.93. The van der Waals surface area contributed by atoms with E-state index in [4.69, 9.17) is 10.5 Å². The van der Waals surface area contributed by atoms with Gasteiger partial charge in [0.05, 0.1) is 0 Å². The Bertz CT molecular complexity index is 404. The molecule has 1 aliphatic rings. The molecule has 2 rings (SSSR count). The van der Waals surface area contributed by atoms with Crippen LogP contribution in [0.3, 0.4) is 0 Å². The molecule has 3 N–H and O–H groups in total. The van der Waals surface area contributed by atoms with E-state index in [1.807, 2.05) is 31.2 Å². The van der Waals surface area contributed by atoms with Gasteiger partial charge in [0.2, 0.25) is 5.91 Å². The molecule has 19 heavy (non-hydrogen) atoms. The van der Waals surface area contributed by atoms with E-state index in [9.17, 15) is 4.79 Å². The number of hydrogen-bond donors (Lipinski definition) is 2. The quantitative estimate of drug-likeness (QED) is 0.843. The molecule has 0 spiro atoms. The Kier molecular flexibility index (Phi) is 6.12. The van der Waals surface area contributed by atoms with Crippen molar-refractivity contribution in [1.82, 2.24) is 0 Å². The number of benzene rings is 1. The molecule has 0 radical (unpaired) electrons. The Labute approximate surface area is 120 Å². The third-order valence-electron chi connectivity index (χ3n) is 3.25. The van der Waals surface area contributed by atoms with Crippen molar-refractivity contribution in [3.8, 4) is 5.75 Å². The van der Waals surface area contributed by atoms with Gasteiger partial charge in [-0.2, -0.15) is 0 Å². The van der Waals surface area contributed by atoms with Gasteiger partial charge in [0, 0.05) is 18.2 Å². The Hall–Kier alpha value is -1.26. The Morgan fingerprint density at radius 1 is 1.42 bits per heavy atom. The Morgan fingerprint density at radius 3 is 2.58 bits per heavy atom. The third kappa shape index (κ3) is 4.73. The highest BCUT2D eigenvalue weighted by Crippen LogP contribution is 2.37. The van der Waals surface area contributed by atoms with Crippen molar-refractivity contribution in [3.63, 3.8) is 0 Å². The average Bonchev–Trinajstić information content (AvgIpc) is 3.21. The monoisotopic (exact) mass is 284 g/mol. The van der Waals surface area contributed by atoms with Gasteiger partial charge in [-0.1, -0.05) is 6.92 Å². The van der Waals surface area contributed by atoms with Crippen LogP contribution in [0.2, 0.25) is 0 Å². The smallest absolute Gasteiger partial charge is 0.227 e. The maximum absolute atomic E-state index is 11.9. The highest BCUT2D eigenvalue weighted by Gasteiger charge is 2.32. The number of carbonyl (C=O) groups excluding carboxylic acids is 1. The minimum absolute atomic E-state index is 0. The number of nitrogens with two attached hydrogens (primary N) is 1. The molecule has 0 aliphatic heterocycles. The lowest BCUT2D eigenvalue weighted by Gasteiger charge is -2.11. The van der Waals surface area contributed by atoms with Gasteiger partial charge in [-0.25, -0.2) is 0 Å². The Morgan fingerprint density at radius 2 is 2.05 bits per heavy atom. The van der Waals surface area contributed by atoms with Crippen LogP contribution in [0.5, 0.6) is 5.75 Å². The van der Waals surface area contributed by atoms with Crippen LogP contribution in [-0.4, -0.2) is 19.1 Å². The van der Waals surface area contributed by atoms with E-state index in [0.29, 0.717) is 19.1 Å². The van der Waals surface area contributed by atoms with Crippen molar-refractivity contribution < 1.29 is 9.53 Å². The summed E-state index contributed by atoms with van der Waals surface area (Å²) in [7, 11) is 0. The Balaban J connectivity index is 0.00000180. The predicted molar refractivity (Wildman–Crippen MR) is 78.8 cm³/mol. The number of nitrogens with one attached hydrogen (secondary N) is 1. The standard InChI is InChI=1S/C14H20N2O2.ClH/c1-10(11-2-3-11)14(17)16-12-4-6-13(7-5-12)18-9-8-15;/h4-7,10-11H,2-3,8-9,15H2,1H3,(H,16,17);1H. The van der Waals surface area contributed by atoms with Gasteiger partial charge in [-0.3, -0.25) is 4.79 Å². The van der Waals surface area contributed by atoms with Gasteiger partial charge in [0.15, 0.2) is 0 Å². The fourth-order valence-corrected chi connectivity index (χ4v) is 1.88. The largest absolute Gasteiger partial charge is 0.492 e. The highest BCUT2D eigenvalue weighted by molar-refractivity contribution is 5.92. The molecule has 4 nitrogen and oxygen atoms in total. The molecular formula is C14H21ClN2O2. The van der Waals surface area contributed by atoms with Gasteiger partial charge < -0.3 is 15.8 Å². The second-order valence-electron chi connectivity index (χ2n) is 4.78. The summed E-state index contributed by atoms with van der Waals surface area (Å²) in [6, 6.07) is 7.38. The van der Waals surface area contributed by atoms with Gasteiger partial charge in [0.1, 0.15) is 12.4 Å². The normalized spacial score (nSPS) is 15.3. The summed E-state index contributed by atoms with van der Waals surface area (Å²) in [6.07, 6.45) is 2.36. The van der Waals surface area contributed by atoms with E-state index in [0.717, 1.165) is 11.4 Å². The maximum atomic E-state index is 11.9. The molecule has 1 unspecified atom stereocenters. The minimum Gasteiger partial charge on any atom is -0.492 e. The number of anilines is 1. The first-order valence-electron chi connectivity index (χ1n) is 6.44. The minimum atomic E-state index is 0. The predicted octanol–water partition coefficient (Wildman–Crippen LogP) is 2.43. The zero-order chi connectivity index (χ0) is 13.0. The SMILES string of the molecule is CC(C(=O)Nc1ccc(OCCN)cc1)C1CC1.Cl. The van der Waals surface area contributed by atoms with Crippen molar-refractivity contribution in [1.29, 1.82) is 0 Å². The van der Waals surface area contributed by atoms with Crippen molar-refractivity contribution in [2.45, 2.75) is 19.8 Å². The molecule has 1 aromatic carbocycles. The van der Waals surface area contributed by atoms with Gasteiger partial charge in [0.25, 0.3) is 0 Å². The van der Waals surface area contributed by atoms with Crippen LogP contribution in [0.4, 0.5) is 5.69 Å².